The quantitative estimate of drug-likeness (QED) is 0.690. The second kappa shape index (κ2) is 8.85. The van der Waals surface area contributed by atoms with E-state index in [4.69, 9.17) is 0 Å². The summed E-state index contributed by atoms with van der Waals surface area (Å²) in [6.07, 6.45) is 6.49. The molecule has 4 rings (SSSR count). The van der Waals surface area contributed by atoms with Crippen molar-refractivity contribution in [3.8, 4) is 5.69 Å². The third-order valence-corrected chi connectivity index (χ3v) is 5.28. The third kappa shape index (κ3) is 4.49. The Morgan fingerprint density at radius 3 is 2.39 bits per heavy atom. The Kier molecular flexibility index (Phi) is 5.83. The Balaban J connectivity index is 1.37. The van der Waals surface area contributed by atoms with Crippen molar-refractivity contribution in [2.75, 3.05) is 19.6 Å². The van der Waals surface area contributed by atoms with Gasteiger partial charge in [-0.15, -0.1) is 0 Å². The maximum atomic E-state index is 12.5. The van der Waals surface area contributed by atoms with Crippen LogP contribution in [0.4, 0.5) is 0 Å². The number of hydrogen-bond acceptors (Lipinski definition) is 3. The van der Waals surface area contributed by atoms with E-state index in [-0.39, 0.29) is 11.9 Å². The van der Waals surface area contributed by atoms with Crippen molar-refractivity contribution in [3.63, 3.8) is 0 Å². The molecule has 1 N–H and O–H groups in total. The van der Waals surface area contributed by atoms with E-state index in [2.05, 4.69) is 39.6 Å². The smallest absolute Gasteiger partial charge is 0.224 e. The van der Waals surface area contributed by atoms with Gasteiger partial charge in [-0.05, 0) is 49.2 Å². The Morgan fingerprint density at radius 1 is 1.00 bits per heavy atom. The molecule has 2 aromatic carbocycles. The van der Waals surface area contributed by atoms with Crippen LogP contribution in [0.15, 0.2) is 73.1 Å². The normalized spacial score (nSPS) is 15.4. The van der Waals surface area contributed by atoms with Gasteiger partial charge in [0.1, 0.15) is 0 Å². The van der Waals surface area contributed by atoms with E-state index < -0.39 is 0 Å². The number of rotatable bonds is 7. The summed E-state index contributed by atoms with van der Waals surface area (Å²) in [5, 5.41) is 7.51. The molecule has 0 spiro atoms. The van der Waals surface area contributed by atoms with Gasteiger partial charge in [0, 0.05) is 12.7 Å². The Hall–Kier alpha value is -2.92. The van der Waals surface area contributed by atoms with Gasteiger partial charge in [0.2, 0.25) is 5.91 Å². The maximum absolute atomic E-state index is 12.5. The molecule has 0 saturated carbocycles. The average Bonchev–Trinajstić information content (AvgIpc) is 3.42. The number of para-hydroxylation sites is 1. The predicted molar refractivity (Wildman–Crippen MR) is 110 cm³/mol. The number of nitrogens with zero attached hydrogens (tertiary/aromatic N) is 3. The largest absolute Gasteiger partial charge is 0.354 e. The lowest BCUT2D eigenvalue weighted by atomic mass is 10.1. The summed E-state index contributed by atoms with van der Waals surface area (Å²) in [5.41, 5.74) is 3.17. The molecule has 1 saturated heterocycles. The lowest BCUT2D eigenvalue weighted by Crippen LogP contribution is -2.37. The van der Waals surface area contributed by atoms with Crippen LogP contribution in [0, 0.1) is 0 Å². The summed E-state index contributed by atoms with van der Waals surface area (Å²) in [6, 6.07) is 20.6. The fourth-order valence-electron chi connectivity index (χ4n) is 3.82. The molecule has 1 aromatic heterocycles. The fraction of sp³-hybridized carbons (Fsp3) is 0.304. The number of benzene rings is 2. The number of amides is 1. The molecule has 144 valence electrons. The van der Waals surface area contributed by atoms with Gasteiger partial charge in [0.05, 0.1) is 24.3 Å². The van der Waals surface area contributed by atoms with Gasteiger partial charge in [-0.2, -0.15) is 5.10 Å². The molecule has 0 radical (unpaired) electrons. The molecular formula is C23H26N4O. The summed E-state index contributed by atoms with van der Waals surface area (Å²) in [5.74, 6) is 0.0349. The van der Waals surface area contributed by atoms with Crippen molar-refractivity contribution in [1.82, 2.24) is 20.0 Å². The van der Waals surface area contributed by atoms with Crippen LogP contribution in [0.1, 0.15) is 30.0 Å². The highest BCUT2D eigenvalue weighted by Gasteiger charge is 2.23. The number of likely N-dealkylation sites (tertiary alicyclic amines) is 1. The second-order valence-corrected chi connectivity index (χ2v) is 7.28. The molecule has 5 heteroatoms. The van der Waals surface area contributed by atoms with Crippen LogP contribution in [0.25, 0.3) is 5.69 Å². The lowest BCUT2D eigenvalue weighted by molar-refractivity contribution is -0.120. The van der Waals surface area contributed by atoms with E-state index in [1.165, 1.54) is 18.4 Å². The first-order chi connectivity index (χ1) is 13.8. The molecular weight excluding hydrogens is 348 g/mol. The van der Waals surface area contributed by atoms with E-state index in [0.717, 1.165) is 24.3 Å². The van der Waals surface area contributed by atoms with Crippen molar-refractivity contribution < 1.29 is 4.79 Å². The van der Waals surface area contributed by atoms with Crippen molar-refractivity contribution in [1.29, 1.82) is 0 Å². The molecule has 1 aliphatic heterocycles. The van der Waals surface area contributed by atoms with Crippen LogP contribution in [-0.2, 0) is 11.2 Å². The monoisotopic (exact) mass is 374 g/mol. The maximum Gasteiger partial charge on any atom is 0.224 e. The summed E-state index contributed by atoms with van der Waals surface area (Å²) < 4.78 is 1.81. The van der Waals surface area contributed by atoms with E-state index in [9.17, 15) is 4.79 Å². The second-order valence-electron chi connectivity index (χ2n) is 7.28. The lowest BCUT2D eigenvalue weighted by Gasteiger charge is -2.28. The highest BCUT2D eigenvalue weighted by atomic mass is 16.1. The molecule has 1 amide bonds. The first kappa shape index (κ1) is 18.4. The van der Waals surface area contributed by atoms with Gasteiger partial charge in [-0.1, -0.05) is 48.5 Å². The minimum atomic E-state index is 0.0349. The van der Waals surface area contributed by atoms with E-state index >= 15 is 0 Å². The SMILES string of the molecule is O=C(Cc1cnn(-c2ccccc2)c1)NCC(c1ccccc1)N1CCCC1. The van der Waals surface area contributed by atoms with Crippen molar-refractivity contribution >= 4 is 5.91 Å². The molecule has 1 atom stereocenters. The van der Waals surface area contributed by atoms with Crippen molar-refractivity contribution in [2.45, 2.75) is 25.3 Å². The Labute approximate surface area is 166 Å². The van der Waals surface area contributed by atoms with Crippen LogP contribution >= 0.6 is 0 Å². The first-order valence-electron chi connectivity index (χ1n) is 9.94. The van der Waals surface area contributed by atoms with Crippen molar-refractivity contribution in [3.05, 3.63) is 84.2 Å². The number of aromatic nitrogens is 2. The van der Waals surface area contributed by atoms with Gasteiger partial charge in [0.25, 0.3) is 0 Å². The summed E-state index contributed by atoms with van der Waals surface area (Å²) in [4.78, 5) is 15.0. The number of carbonyl (C=O) groups excluding carboxylic acids is 1. The Morgan fingerprint density at radius 2 is 1.68 bits per heavy atom. The van der Waals surface area contributed by atoms with Crippen LogP contribution in [0.5, 0.6) is 0 Å². The molecule has 1 fully saturated rings. The number of hydrogen-bond donors (Lipinski definition) is 1. The number of carbonyl (C=O) groups is 1. The van der Waals surface area contributed by atoms with Crippen LogP contribution in [-0.4, -0.2) is 40.2 Å². The number of nitrogens with one attached hydrogen (secondary N) is 1. The molecule has 2 heterocycles. The third-order valence-electron chi connectivity index (χ3n) is 5.28. The highest BCUT2D eigenvalue weighted by Crippen LogP contribution is 2.24. The summed E-state index contributed by atoms with van der Waals surface area (Å²) in [7, 11) is 0. The molecule has 0 bridgehead atoms. The summed E-state index contributed by atoms with van der Waals surface area (Å²) >= 11 is 0. The standard InChI is InChI=1S/C23H26N4O/c28-23(15-19-16-25-27(18-19)21-11-5-2-6-12-21)24-17-22(26-13-7-8-14-26)20-9-3-1-4-10-20/h1-6,9-12,16,18,22H,7-8,13-15,17H2,(H,24,28). The predicted octanol–water partition coefficient (Wildman–Crippen LogP) is 3.37. The van der Waals surface area contributed by atoms with Gasteiger partial charge in [-0.25, -0.2) is 4.68 Å². The van der Waals surface area contributed by atoms with Crippen LogP contribution in [0.2, 0.25) is 0 Å². The van der Waals surface area contributed by atoms with E-state index in [1.807, 2.05) is 42.6 Å². The first-order valence-corrected chi connectivity index (χ1v) is 9.94. The van der Waals surface area contributed by atoms with Gasteiger partial charge in [0.15, 0.2) is 0 Å². The highest BCUT2D eigenvalue weighted by molar-refractivity contribution is 5.78. The topological polar surface area (TPSA) is 50.2 Å². The Bertz CT molecular complexity index is 885. The molecule has 1 unspecified atom stereocenters. The van der Waals surface area contributed by atoms with E-state index in [0.29, 0.717) is 13.0 Å². The van der Waals surface area contributed by atoms with Crippen LogP contribution in [0.3, 0.4) is 0 Å². The molecule has 1 aliphatic rings. The molecule has 5 nitrogen and oxygen atoms in total. The van der Waals surface area contributed by atoms with Gasteiger partial charge < -0.3 is 5.32 Å². The minimum absolute atomic E-state index is 0.0349. The van der Waals surface area contributed by atoms with Crippen molar-refractivity contribution in [2.24, 2.45) is 0 Å². The van der Waals surface area contributed by atoms with Gasteiger partial charge in [-0.3, -0.25) is 9.69 Å². The summed E-state index contributed by atoms with van der Waals surface area (Å²) in [6.45, 7) is 2.83. The molecule has 3 aromatic rings. The minimum Gasteiger partial charge on any atom is -0.354 e. The van der Waals surface area contributed by atoms with E-state index in [1.54, 1.807) is 10.9 Å². The zero-order chi connectivity index (χ0) is 19.2. The average molecular weight is 374 g/mol. The zero-order valence-corrected chi connectivity index (χ0v) is 16.0. The molecule has 28 heavy (non-hydrogen) atoms. The van der Waals surface area contributed by atoms with Gasteiger partial charge >= 0.3 is 0 Å². The molecule has 0 aliphatic carbocycles. The zero-order valence-electron chi connectivity index (χ0n) is 16.0. The fourth-order valence-corrected chi connectivity index (χ4v) is 3.82. The van der Waals surface area contributed by atoms with Crippen LogP contribution < -0.4 is 5.32 Å².